The predicted molar refractivity (Wildman–Crippen MR) is 60.8 cm³/mol. The van der Waals surface area contributed by atoms with Crippen LogP contribution in [0.15, 0.2) is 0 Å². The van der Waals surface area contributed by atoms with Crippen molar-refractivity contribution in [2.75, 3.05) is 19.6 Å². The lowest BCUT2D eigenvalue weighted by molar-refractivity contribution is 0.208. The van der Waals surface area contributed by atoms with E-state index >= 15 is 0 Å². The summed E-state index contributed by atoms with van der Waals surface area (Å²) >= 11 is 0. The number of urea groups is 1. The topological polar surface area (TPSA) is 32.3 Å². The zero-order valence-corrected chi connectivity index (χ0v) is 9.50. The Labute approximate surface area is 92.2 Å². The number of nitrogens with one attached hydrogen (secondary N) is 1. The molecule has 86 valence electrons. The van der Waals surface area contributed by atoms with E-state index in [0.717, 1.165) is 25.6 Å². The minimum absolute atomic E-state index is 0.158. The molecule has 0 unspecified atom stereocenters. The van der Waals surface area contributed by atoms with E-state index in [1.54, 1.807) is 0 Å². The van der Waals surface area contributed by atoms with E-state index in [1.165, 1.54) is 44.9 Å². The van der Waals surface area contributed by atoms with Crippen LogP contribution in [0.25, 0.3) is 0 Å². The number of rotatable bonds is 3. The lowest BCUT2D eigenvalue weighted by Gasteiger charge is -2.17. The number of amides is 2. The van der Waals surface area contributed by atoms with Gasteiger partial charge in [0.1, 0.15) is 0 Å². The van der Waals surface area contributed by atoms with E-state index in [1.807, 2.05) is 4.90 Å². The van der Waals surface area contributed by atoms with Crippen LogP contribution < -0.4 is 5.32 Å². The summed E-state index contributed by atoms with van der Waals surface area (Å²) in [4.78, 5) is 13.6. The van der Waals surface area contributed by atoms with Crippen molar-refractivity contribution in [2.45, 2.75) is 44.9 Å². The summed E-state index contributed by atoms with van der Waals surface area (Å²) in [6, 6.07) is 0.158. The van der Waals surface area contributed by atoms with Crippen LogP contribution in [0.2, 0.25) is 0 Å². The summed E-state index contributed by atoms with van der Waals surface area (Å²) < 4.78 is 0. The zero-order valence-electron chi connectivity index (χ0n) is 9.50. The van der Waals surface area contributed by atoms with Crippen molar-refractivity contribution in [1.82, 2.24) is 10.2 Å². The lowest BCUT2D eigenvalue weighted by atomic mass is 10.0. The third kappa shape index (κ3) is 3.11. The Morgan fingerprint density at radius 1 is 1.13 bits per heavy atom. The number of carbonyl (C=O) groups excluding carboxylic acids is 1. The molecular weight excluding hydrogens is 188 g/mol. The highest BCUT2D eigenvalue weighted by molar-refractivity contribution is 5.74. The first kappa shape index (κ1) is 10.8. The molecule has 2 amide bonds. The van der Waals surface area contributed by atoms with E-state index in [0.29, 0.717) is 0 Å². The first-order valence-electron chi connectivity index (χ1n) is 6.39. The van der Waals surface area contributed by atoms with Crippen LogP contribution in [0.1, 0.15) is 44.9 Å². The fourth-order valence-electron chi connectivity index (χ4n) is 2.71. The van der Waals surface area contributed by atoms with E-state index in [4.69, 9.17) is 0 Å². The Kier molecular flexibility index (Phi) is 3.87. The molecule has 2 fully saturated rings. The SMILES string of the molecule is O=C(NCCC1CCCC1)N1CCCC1. The first-order chi connectivity index (χ1) is 7.36. The number of nitrogens with zero attached hydrogens (tertiary/aromatic N) is 1. The summed E-state index contributed by atoms with van der Waals surface area (Å²) in [5.41, 5.74) is 0. The maximum Gasteiger partial charge on any atom is 0.317 e. The molecule has 0 atom stereocenters. The minimum atomic E-state index is 0.158. The molecule has 0 aromatic rings. The van der Waals surface area contributed by atoms with Crippen molar-refractivity contribution < 1.29 is 4.79 Å². The molecule has 15 heavy (non-hydrogen) atoms. The molecule has 2 aliphatic rings. The molecule has 1 N–H and O–H groups in total. The molecule has 2 rings (SSSR count). The summed E-state index contributed by atoms with van der Waals surface area (Å²) in [5.74, 6) is 0.879. The monoisotopic (exact) mass is 210 g/mol. The molecule has 1 aliphatic carbocycles. The molecule has 1 saturated carbocycles. The molecule has 1 aliphatic heterocycles. The molecule has 3 nitrogen and oxygen atoms in total. The largest absolute Gasteiger partial charge is 0.338 e. The van der Waals surface area contributed by atoms with Crippen LogP contribution in [0.5, 0.6) is 0 Å². The van der Waals surface area contributed by atoms with Crippen LogP contribution in [-0.2, 0) is 0 Å². The number of hydrogen-bond acceptors (Lipinski definition) is 1. The summed E-state index contributed by atoms with van der Waals surface area (Å²) in [6.07, 6.45) is 9.07. The Bertz CT molecular complexity index is 206. The van der Waals surface area contributed by atoms with E-state index in [-0.39, 0.29) is 6.03 Å². The van der Waals surface area contributed by atoms with Gasteiger partial charge in [-0.1, -0.05) is 25.7 Å². The van der Waals surface area contributed by atoms with Gasteiger partial charge in [-0.15, -0.1) is 0 Å². The molecular formula is C12H22N2O. The highest BCUT2D eigenvalue weighted by atomic mass is 16.2. The van der Waals surface area contributed by atoms with Crippen molar-refractivity contribution in [3.8, 4) is 0 Å². The summed E-state index contributed by atoms with van der Waals surface area (Å²) in [7, 11) is 0. The smallest absolute Gasteiger partial charge is 0.317 e. The quantitative estimate of drug-likeness (QED) is 0.762. The normalized spacial score (nSPS) is 22.3. The fraction of sp³-hybridized carbons (Fsp3) is 0.917. The van der Waals surface area contributed by atoms with Gasteiger partial charge in [0.05, 0.1) is 0 Å². The molecule has 0 radical (unpaired) electrons. The Morgan fingerprint density at radius 3 is 2.47 bits per heavy atom. The Balaban J connectivity index is 1.58. The van der Waals surface area contributed by atoms with Gasteiger partial charge in [-0.3, -0.25) is 0 Å². The van der Waals surface area contributed by atoms with Gasteiger partial charge in [-0.25, -0.2) is 4.79 Å². The van der Waals surface area contributed by atoms with Crippen LogP contribution in [0.3, 0.4) is 0 Å². The van der Waals surface area contributed by atoms with Gasteiger partial charge >= 0.3 is 6.03 Å². The second-order valence-electron chi connectivity index (χ2n) is 4.87. The molecule has 0 bridgehead atoms. The maximum atomic E-state index is 11.6. The first-order valence-corrected chi connectivity index (χ1v) is 6.39. The lowest BCUT2D eigenvalue weighted by Crippen LogP contribution is -2.38. The van der Waals surface area contributed by atoms with Crippen LogP contribution in [-0.4, -0.2) is 30.6 Å². The Hall–Kier alpha value is -0.730. The van der Waals surface area contributed by atoms with E-state index in [2.05, 4.69) is 5.32 Å². The van der Waals surface area contributed by atoms with Crippen LogP contribution in [0, 0.1) is 5.92 Å². The average molecular weight is 210 g/mol. The molecule has 0 aromatic carbocycles. The van der Waals surface area contributed by atoms with E-state index < -0.39 is 0 Å². The number of hydrogen-bond donors (Lipinski definition) is 1. The second-order valence-corrected chi connectivity index (χ2v) is 4.87. The Morgan fingerprint density at radius 2 is 1.80 bits per heavy atom. The average Bonchev–Trinajstić information content (AvgIpc) is 2.90. The zero-order chi connectivity index (χ0) is 10.5. The molecule has 0 aromatic heterocycles. The van der Waals surface area contributed by atoms with E-state index in [9.17, 15) is 4.79 Å². The molecule has 0 spiro atoms. The van der Waals surface area contributed by atoms with Crippen molar-refractivity contribution >= 4 is 6.03 Å². The van der Waals surface area contributed by atoms with Gasteiger partial charge in [-0.2, -0.15) is 0 Å². The van der Waals surface area contributed by atoms with Crippen molar-refractivity contribution in [2.24, 2.45) is 5.92 Å². The molecule has 1 saturated heterocycles. The van der Waals surface area contributed by atoms with Gasteiger partial charge < -0.3 is 10.2 Å². The van der Waals surface area contributed by atoms with Gasteiger partial charge in [0, 0.05) is 19.6 Å². The molecule has 3 heteroatoms. The minimum Gasteiger partial charge on any atom is -0.338 e. The fourth-order valence-corrected chi connectivity index (χ4v) is 2.71. The van der Waals surface area contributed by atoms with Crippen LogP contribution >= 0.6 is 0 Å². The van der Waals surface area contributed by atoms with Crippen molar-refractivity contribution in [3.63, 3.8) is 0 Å². The highest BCUT2D eigenvalue weighted by Crippen LogP contribution is 2.26. The summed E-state index contributed by atoms with van der Waals surface area (Å²) in [5, 5.41) is 3.04. The van der Waals surface area contributed by atoms with Crippen molar-refractivity contribution in [3.05, 3.63) is 0 Å². The number of carbonyl (C=O) groups is 1. The maximum absolute atomic E-state index is 11.6. The summed E-state index contributed by atoms with van der Waals surface area (Å²) in [6.45, 7) is 2.78. The van der Waals surface area contributed by atoms with Gasteiger partial charge in [0.2, 0.25) is 0 Å². The molecule has 1 heterocycles. The van der Waals surface area contributed by atoms with Gasteiger partial charge in [0.25, 0.3) is 0 Å². The van der Waals surface area contributed by atoms with Gasteiger partial charge in [-0.05, 0) is 25.2 Å². The highest BCUT2D eigenvalue weighted by Gasteiger charge is 2.18. The third-order valence-electron chi connectivity index (χ3n) is 3.70. The second kappa shape index (κ2) is 5.38. The third-order valence-corrected chi connectivity index (χ3v) is 3.70. The van der Waals surface area contributed by atoms with Gasteiger partial charge in [0.15, 0.2) is 0 Å². The van der Waals surface area contributed by atoms with Crippen molar-refractivity contribution in [1.29, 1.82) is 0 Å². The van der Waals surface area contributed by atoms with Crippen LogP contribution in [0.4, 0.5) is 4.79 Å². The number of likely N-dealkylation sites (tertiary alicyclic amines) is 1. The predicted octanol–water partition coefficient (Wildman–Crippen LogP) is 2.37. The standard InChI is InChI=1S/C12H22N2O/c15-12(14-9-3-4-10-14)13-8-7-11-5-1-2-6-11/h11H,1-10H2,(H,13,15).